The van der Waals surface area contributed by atoms with Crippen LogP contribution in [0.5, 0.6) is 5.75 Å². The molecule has 250 valence electrons. The summed E-state index contributed by atoms with van der Waals surface area (Å²) in [5.41, 5.74) is 4.21. The number of aliphatic hydroxyl groups excluding tert-OH is 5. The van der Waals surface area contributed by atoms with Gasteiger partial charge < -0.3 is 45.0 Å². The highest BCUT2D eigenvalue weighted by Crippen LogP contribution is 2.40. The lowest BCUT2D eigenvalue weighted by Gasteiger charge is -2.40. The number of nitrogens with zero attached hydrogens (tertiary/aromatic N) is 1. The van der Waals surface area contributed by atoms with Crippen molar-refractivity contribution < 1.29 is 44.5 Å². The Bertz CT molecular complexity index is 1570. The highest BCUT2D eigenvalue weighted by Gasteiger charge is 2.44. The van der Waals surface area contributed by atoms with Gasteiger partial charge in [0.15, 0.2) is 0 Å². The Morgan fingerprint density at radius 2 is 1.49 bits per heavy atom. The number of halogens is 1. The molecule has 1 heterocycles. The summed E-state index contributed by atoms with van der Waals surface area (Å²) in [5, 5.41) is 62.7. The van der Waals surface area contributed by atoms with Crippen molar-refractivity contribution in [3.05, 3.63) is 120 Å². The Labute approximate surface area is 273 Å². The van der Waals surface area contributed by atoms with E-state index in [1.165, 1.54) is 12.1 Å². The third-order valence-electron chi connectivity index (χ3n) is 9.03. The summed E-state index contributed by atoms with van der Waals surface area (Å²) in [4.78, 5) is 2.03. The molecule has 0 aliphatic carbocycles. The van der Waals surface area contributed by atoms with Crippen molar-refractivity contribution in [2.45, 2.75) is 61.6 Å². The number of benzene rings is 4. The summed E-state index contributed by atoms with van der Waals surface area (Å²) in [6.07, 6.45) is -6.72. The molecule has 9 nitrogen and oxygen atoms in total. The average Bonchev–Trinajstić information content (AvgIpc) is 3.10. The second-order valence-corrected chi connectivity index (χ2v) is 12.0. The number of likely N-dealkylation sites (N-methyl/N-ethyl adjacent to an activating group) is 1. The van der Waals surface area contributed by atoms with E-state index in [0.717, 1.165) is 16.8 Å². The van der Waals surface area contributed by atoms with Gasteiger partial charge in [-0.15, -0.1) is 0 Å². The van der Waals surface area contributed by atoms with Gasteiger partial charge in [0.05, 0.1) is 24.9 Å². The molecule has 0 spiro atoms. The number of hydrogen-bond donors (Lipinski definition) is 6. The Kier molecular flexibility index (Phi) is 11.3. The minimum Gasteiger partial charge on any atom is -0.508 e. The first-order chi connectivity index (χ1) is 22.6. The van der Waals surface area contributed by atoms with Crippen LogP contribution in [-0.2, 0) is 9.47 Å². The first-order valence-electron chi connectivity index (χ1n) is 15.6. The molecule has 5 rings (SSSR count). The van der Waals surface area contributed by atoms with Crippen molar-refractivity contribution in [1.29, 1.82) is 0 Å². The number of hydrogen-bond acceptors (Lipinski definition) is 9. The molecule has 0 saturated carbocycles. The zero-order valence-electron chi connectivity index (χ0n) is 26.3. The molecule has 1 aliphatic heterocycles. The van der Waals surface area contributed by atoms with Crippen molar-refractivity contribution in [2.75, 3.05) is 25.7 Å². The van der Waals surface area contributed by atoms with E-state index in [0.29, 0.717) is 29.5 Å². The maximum atomic E-state index is 13.4. The van der Waals surface area contributed by atoms with Crippen LogP contribution in [0.15, 0.2) is 97.1 Å². The molecular weight excluding hydrogens is 605 g/mol. The number of aliphatic hydroxyl groups is 5. The fourth-order valence-electron chi connectivity index (χ4n) is 6.28. The average molecular weight is 648 g/mol. The number of phenolic OH excluding ortho intramolecular Hbond substituents is 1. The summed E-state index contributed by atoms with van der Waals surface area (Å²) in [5.74, 6) is -0.321. The molecule has 1 fully saturated rings. The monoisotopic (exact) mass is 647 g/mol. The van der Waals surface area contributed by atoms with E-state index in [-0.39, 0.29) is 11.6 Å². The van der Waals surface area contributed by atoms with E-state index < -0.39 is 55.4 Å². The molecule has 1 saturated heterocycles. The fraction of sp³-hybridized carbons (Fsp3) is 0.351. The molecule has 10 heteroatoms. The molecule has 1 aliphatic rings. The number of methoxy groups -OCH3 is 1. The van der Waals surface area contributed by atoms with E-state index in [1.807, 2.05) is 54.4 Å². The van der Waals surface area contributed by atoms with Crippen LogP contribution in [0.2, 0.25) is 0 Å². The maximum Gasteiger partial charge on any atom is 0.123 e. The zero-order chi connectivity index (χ0) is 33.7. The highest BCUT2D eigenvalue weighted by molar-refractivity contribution is 5.67. The Balaban J connectivity index is 1.39. The van der Waals surface area contributed by atoms with Crippen LogP contribution in [-0.4, -0.2) is 81.9 Å². The van der Waals surface area contributed by atoms with Gasteiger partial charge in [-0.1, -0.05) is 66.7 Å². The summed E-state index contributed by atoms with van der Waals surface area (Å²) < 4.78 is 25.1. The molecular formula is C37H42FNO8. The number of aromatic hydroxyl groups is 1. The zero-order valence-corrected chi connectivity index (χ0v) is 26.3. The molecule has 0 bridgehead atoms. The Hall–Kier alpha value is -3.87. The molecule has 1 unspecified atom stereocenters. The van der Waals surface area contributed by atoms with Crippen LogP contribution in [0.4, 0.5) is 10.1 Å². The van der Waals surface area contributed by atoms with Gasteiger partial charge in [-0.2, -0.15) is 0 Å². The summed E-state index contributed by atoms with van der Waals surface area (Å²) in [7, 11) is 3.52. The van der Waals surface area contributed by atoms with Crippen LogP contribution in [0.25, 0.3) is 11.1 Å². The van der Waals surface area contributed by atoms with E-state index >= 15 is 0 Å². The minimum atomic E-state index is -1.47. The second kappa shape index (κ2) is 15.4. The maximum absolute atomic E-state index is 13.4. The number of anilines is 1. The minimum absolute atomic E-state index is 0.0504. The van der Waals surface area contributed by atoms with Crippen LogP contribution in [0, 0.1) is 5.82 Å². The molecule has 4 aromatic rings. The summed E-state index contributed by atoms with van der Waals surface area (Å²) in [6.45, 7) is -0.510. The first kappa shape index (κ1) is 34.5. The van der Waals surface area contributed by atoms with E-state index in [1.54, 1.807) is 49.6 Å². The molecule has 47 heavy (non-hydrogen) atoms. The lowest BCUT2D eigenvalue weighted by atomic mass is 9.90. The van der Waals surface area contributed by atoms with Crippen molar-refractivity contribution in [2.24, 2.45) is 0 Å². The molecule has 0 aromatic heterocycles. The molecule has 6 N–H and O–H groups in total. The first-order valence-corrected chi connectivity index (χ1v) is 15.6. The third-order valence-corrected chi connectivity index (χ3v) is 9.03. The van der Waals surface area contributed by atoms with Gasteiger partial charge in [-0.3, -0.25) is 0 Å². The normalized spacial score (nSPS) is 23.2. The smallest absolute Gasteiger partial charge is 0.123 e. The van der Waals surface area contributed by atoms with Gasteiger partial charge in [0.2, 0.25) is 0 Å². The Morgan fingerprint density at radius 3 is 2.11 bits per heavy atom. The topological polar surface area (TPSA) is 143 Å². The largest absolute Gasteiger partial charge is 0.508 e. The van der Waals surface area contributed by atoms with Gasteiger partial charge in [-0.25, -0.2) is 4.39 Å². The number of phenols is 1. The van der Waals surface area contributed by atoms with Crippen molar-refractivity contribution in [3.63, 3.8) is 0 Å². The Morgan fingerprint density at radius 1 is 0.830 bits per heavy atom. The summed E-state index contributed by atoms with van der Waals surface area (Å²) >= 11 is 0. The number of rotatable bonds is 12. The van der Waals surface area contributed by atoms with Crippen molar-refractivity contribution in [1.82, 2.24) is 0 Å². The third kappa shape index (κ3) is 7.66. The highest BCUT2D eigenvalue weighted by atomic mass is 19.1. The van der Waals surface area contributed by atoms with E-state index in [2.05, 4.69) is 0 Å². The van der Waals surface area contributed by atoms with Crippen LogP contribution in [0.3, 0.4) is 0 Å². The molecule has 4 aromatic carbocycles. The molecule has 8 atom stereocenters. The van der Waals surface area contributed by atoms with Crippen LogP contribution in [0.1, 0.15) is 47.8 Å². The van der Waals surface area contributed by atoms with Gasteiger partial charge >= 0.3 is 0 Å². The van der Waals surface area contributed by atoms with E-state index in [4.69, 9.17) is 9.47 Å². The fourth-order valence-corrected chi connectivity index (χ4v) is 6.28. The van der Waals surface area contributed by atoms with Crippen LogP contribution >= 0.6 is 0 Å². The lowest BCUT2D eigenvalue weighted by Crippen LogP contribution is -2.55. The van der Waals surface area contributed by atoms with Crippen molar-refractivity contribution in [3.8, 4) is 16.9 Å². The SMILES string of the molecule is CO[C@H](CCC(O)c1ccc(F)cc1)[C@@H](c1ccc(-c2ccc([C@@H]3O[C@H](CO)[C@@H](O)[C@H](O)[C@H]3O)cc2)cc1O)N(C)c1ccccc1. The predicted octanol–water partition coefficient (Wildman–Crippen LogP) is 4.42. The summed E-state index contributed by atoms with van der Waals surface area (Å²) in [6, 6.07) is 27.5. The molecule has 0 radical (unpaired) electrons. The lowest BCUT2D eigenvalue weighted by molar-refractivity contribution is -0.231. The van der Waals surface area contributed by atoms with Gasteiger partial charge in [0, 0.05) is 25.4 Å². The van der Waals surface area contributed by atoms with Gasteiger partial charge in [-0.05, 0) is 65.4 Å². The van der Waals surface area contributed by atoms with E-state index in [9.17, 15) is 35.0 Å². The second-order valence-electron chi connectivity index (χ2n) is 12.0. The van der Waals surface area contributed by atoms with Crippen molar-refractivity contribution >= 4 is 5.69 Å². The molecule has 0 amide bonds. The predicted molar refractivity (Wildman–Crippen MR) is 175 cm³/mol. The standard InChI is InChI=1S/C37H42FNO8/c1-39(27-6-4-3-5-7-27)33(31(46-2)19-18-29(41)23-12-15-26(38)16-13-23)28-17-14-25(20-30(28)42)22-8-10-24(11-9-22)37-36(45)35(44)34(43)32(21-40)47-37/h3-17,20,29,31-37,40-45H,18-19,21H2,1-2H3/t29?,31-,32-,33-,34-,35+,36-,37+/m1/s1. The number of ether oxygens (including phenoxy) is 2. The number of para-hydroxylation sites is 1. The van der Waals surface area contributed by atoms with Crippen LogP contribution < -0.4 is 4.90 Å². The quantitative estimate of drug-likeness (QED) is 0.132. The van der Waals surface area contributed by atoms with Gasteiger partial charge in [0.1, 0.15) is 42.1 Å². The van der Waals surface area contributed by atoms with Gasteiger partial charge in [0.25, 0.3) is 0 Å².